The largest absolute Gasteiger partial charge is 0.378 e. The number of benzene rings is 1. The van der Waals surface area contributed by atoms with Gasteiger partial charge >= 0.3 is 0 Å². The van der Waals surface area contributed by atoms with Gasteiger partial charge < -0.3 is 10.3 Å². The standard InChI is InChI=1S/C13H11N5O2/c19-18(20)12-4-3-11(13-10(12)2-1-5-15-13)16-7-9-6-14-8-17-9/h1-6,8,16H,7H2,(H,14,17). The molecule has 20 heavy (non-hydrogen) atoms. The van der Waals surface area contributed by atoms with E-state index in [0.717, 1.165) is 11.4 Å². The number of hydrogen-bond acceptors (Lipinski definition) is 5. The number of rotatable bonds is 4. The van der Waals surface area contributed by atoms with Crippen molar-refractivity contribution in [3.63, 3.8) is 0 Å². The Morgan fingerprint density at radius 3 is 3.00 bits per heavy atom. The molecule has 7 nitrogen and oxygen atoms in total. The molecule has 0 saturated carbocycles. The van der Waals surface area contributed by atoms with Crippen molar-refractivity contribution in [2.24, 2.45) is 0 Å². The molecular formula is C13H11N5O2. The van der Waals surface area contributed by atoms with Crippen LogP contribution in [0, 0.1) is 10.1 Å². The molecule has 0 saturated heterocycles. The van der Waals surface area contributed by atoms with Gasteiger partial charge in [-0.05, 0) is 18.2 Å². The summed E-state index contributed by atoms with van der Waals surface area (Å²) in [4.78, 5) is 21.8. The van der Waals surface area contributed by atoms with E-state index < -0.39 is 4.92 Å². The predicted molar refractivity (Wildman–Crippen MR) is 74.3 cm³/mol. The van der Waals surface area contributed by atoms with Gasteiger partial charge in [0.15, 0.2) is 0 Å². The van der Waals surface area contributed by atoms with Crippen LogP contribution < -0.4 is 5.32 Å². The third kappa shape index (κ3) is 2.16. The van der Waals surface area contributed by atoms with E-state index in [1.54, 1.807) is 36.9 Å². The first-order valence-electron chi connectivity index (χ1n) is 5.99. The molecule has 0 aliphatic heterocycles. The van der Waals surface area contributed by atoms with Gasteiger partial charge in [0.1, 0.15) is 5.52 Å². The van der Waals surface area contributed by atoms with Crippen molar-refractivity contribution in [3.05, 3.63) is 58.8 Å². The molecule has 100 valence electrons. The highest BCUT2D eigenvalue weighted by atomic mass is 16.6. The summed E-state index contributed by atoms with van der Waals surface area (Å²) in [6.45, 7) is 0.545. The molecule has 2 heterocycles. The van der Waals surface area contributed by atoms with Crippen LogP contribution in [-0.4, -0.2) is 19.9 Å². The summed E-state index contributed by atoms with van der Waals surface area (Å²) >= 11 is 0. The average Bonchev–Trinajstić information content (AvgIpc) is 2.97. The van der Waals surface area contributed by atoms with E-state index in [4.69, 9.17) is 0 Å². The molecule has 2 N–H and O–H groups in total. The third-order valence-corrected chi connectivity index (χ3v) is 2.97. The molecule has 0 aliphatic carbocycles. The van der Waals surface area contributed by atoms with E-state index >= 15 is 0 Å². The van der Waals surface area contributed by atoms with Crippen LogP contribution in [0.4, 0.5) is 11.4 Å². The van der Waals surface area contributed by atoms with Crippen molar-refractivity contribution in [2.45, 2.75) is 6.54 Å². The Balaban J connectivity index is 1.99. The second kappa shape index (κ2) is 4.96. The molecule has 0 amide bonds. The first kappa shape index (κ1) is 12.1. The normalized spacial score (nSPS) is 10.6. The maximum absolute atomic E-state index is 11.0. The highest BCUT2D eigenvalue weighted by Crippen LogP contribution is 2.29. The molecule has 2 aromatic heterocycles. The Kier molecular flexibility index (Phi) is 3.00. The third-order valence-electron chi connectivity index (χ3n) is 2.97. The Labute approximate surface area is 113 Å². The first-order valence-corrected chi connectivity index (χ1v) is 5.99. The lowest BCUT2D eigenvalue weighted by atomic mass is 10.1. The van der Waals surface area contributed by atoms with Crippen LogP contribution in [0.15, 0.2) is 43.0 Å². The molecular weight excluding hydrogens is 258 g/mol. The molecule has 0 radical (unpaired) electrons. The maximum Gasteiger partial charge on any atom is 0.278 e. The zero-order valence-corrected chi connectivity index (χ0v) is 10.4. The smallest absolute Gasteiger partial charge is 0.278 e. The number of nitro benzene ring substituents is 1. The first-order chi connectivity index (χ1) is 9.75. The van der Waals surface area contributed by atoms with Crippen LogP contribution in [0.25, 0.3) is 10.9 Å². The second-order valence-electron chi connectivity index (χ2n) is 4.22. The van der Waals surface area contributed by atoms with Gasteiger partial charge in [0, 0.05) is 18.5 Å². The topological polar surface area (TPSA) is 96.7 Å². The Morgan fingerprint density at radius 1 is 1.35 bits per heavy atom. The van der Waals surface area contributed by atoms with E-state index in [0.29, 0.717) is 17.4 Å². The Bertz CT molecular complexity index is 755. The summed E-state index contributed by atoms with van der Waals surface area (Å²) in [7, 11) is 0. The average molecular weight is 269 g/mol. The Morgan fingerprint density at radius 2 is 2.25 bits per heavy atom. The number of fused-ring (bicyclic) bond motifs is 1. The molecule has 3 aromatic rings. The van der Waals surface area contributed by atoms with Crippen molar-refractivity contribution in [1.82, 2.24) is 15.0 Å². The van der Waals surface area contributed by atoms with Gasteiger partial charge in [-0.25, -0.2) is 4.98 Å². The van der Waals surface area contributed by atoms with Gasteiger partial charge in [-0.15, -0.1) is 0 Å². The van der Waals surface area contributed by atoms with E-state index in [1.165, 1.54) is 6.07 Å². The molecule has 3 rings (SSSR count). The van der Waals surface area contributed by atoms with Crippen LogP contribution in [0.5, 0.6) is 0 Å². The lowest BCUT2D eigenvalue weighted by Crippen LogP contribution is -2.01. The lowest BCUT2D eigenvalue weighted by Gasteiger charge is -2.08. The van der Waals surface area contributed by atoms with E-state index in [9.17, 15) is 10.1 Å². The van der Waals surface area contributed by atoms with Crippen molar-refractivity contribution in [3.8, 4) is 0 Å². The minimum absolute atomic E-state index is 0.0557. The number of pyridine rings is 1. The summed E-state index contributed by atoms with van der Waals surface area (Å²) in [5, 5.41) is 14.7. The summed E-state index contributed by atoms with van der Waals surface area (Å²) in [6.07, 6.45) is 4.94. The van der Waals surface area contributed by atoms with Crippen molar-refractivity contribution < 1.29 is 4.92 Å². The van der Waals surface area contributed by atoms with E-state index in [2.05, 4.69) is 20.3 Å². The van der Waals surface area contributed by atoms with Gasteiger partial charge in [0.2, 0.25) is 0 Å². The number of nitrogens with zero attached hydrogens (tertiary/aromatic N) is 3. The summed E-state index contributed by atoms with van der Waals surface area (Å²) in [5.41, 5.74) is 2.31. The van der Waals surface area contributed by atoms with Crippen LogP contribution >= 0.6 is 0 Å². The molecule has 0 unspecified atom stereocenters. The van der Waals surface area contributed by atoms with E-state index in [-0.39, 0.29) is 5.69 Å². The fourth-order valence-electron chi connectivity index (χ4n) is 2.03. The molecule has 0 atom stereocenters. The highest BCUT2D eigenvalue weighted by molar-refractivity contribution is 5.96. The number of nitro groups is 1. The molecule has 1 aromatic carbocycles. The van der Waals surface area contributed by atoms with Crippen LogP contribution in [0.3, 0.4) is 0 Å². The van der Waals surface area contributed by atoms with Crippen molar-refractivity contribution in [1.29, 1.82) is 0 Å². The summed E-state index contributed by atoms with van der Waals surface area (Å²) in [6, 6.07) is 6.54. The molecule has 7 heteroatoms. The van der Waals surface area contributed by atoms with Crippen LogP contribution in [0.1, 0.15) is 5.69 Å². The quantitative estimate of drug-likeness (QED) is 0.560. The molecule has 0 aliphatic rings. The fraction of sp³-hybridized carbons (Fsp3) is 0.0769. The fourth-order valence-corrected chi connectivity index (χ4v) is 2.03. The van der Waals surface area contributed by atoms with Crippen LogP contribution in [0.2, 0.25) is 0 Å². The van der Waals surface area contributed by atoms with Crippen molar-refractivity contribution >= 4 is 22.3 Å². The zero-order valence-electron chi connectivity index (χ0n) is 10.4. The number of nitrogens with one attached hydrogen (secondary N) is 2. The maximum atomic E-state index is 11.0. The minimum Gasteiger partial charge on any atom is -0.378 e. The van der Waals surface area contributed by atoms with Gasteiger partial charge in [0.25, 0.3) is 5.69 Å². The number of hydrogen-bond donors (Lipinski definition) is 2. The zero-order chi connectivity index (χ0) is 13.9. The summed E-state index contributed by atoms with van der Waals surface area (Å²) < 4.78 is 0. The number of imidazole rings is 1. The van der Waals surface area contributed by atoms with Crippen molar-refractivity contribution in [2.75, 3.05) is 5.32 Å². The SMILES string of the molecule is O=[N+]([O-])c1ccc(NCc2cnc[nH]2)c2ncccc12. The number of anilines is 1. The number of aromatic amines is 1. The molecule has 0 fully saturated rings. The number of H-pyrrole nitrogens is 1. The molecule has 0 spiro atoms. The minimum atomic E-state index is -0.400. The van der Waals surface area contributed by atoms with Gasteiger partial charge in [0.05, 0.1) is 34.6 Å². The molecule has 0 bridgehead atoms. The monoisotopic (exact) mass is 269 g/mol. The van der Waals surface area contributed by atoms with Gasteiger partial charge in [-0.1, -0.05) is 0 Å². The predicted octanol–water partition coefficient (Wildman–Crippen LogP) is 2.48. The summed E-state index contributed by atoms with van der Waals surface area (Å²) in [5.74, 6) is 0. The Hall–Kier alpha value is -2.96. The second-order valence-corrected chi connectivity index (χ2v) is 4.22. The highest BCUT2D eigenvalue weighted by Gasteiger charge is 2.14. The van der Waals surface area contributed by atoms with Gasteiger partial charge in [-0.3, -0.25) is 15.1 Å². The van der Waals surface area contributed by atoms with Crippen LogP contribution in [-0.2, 0) is 6.54 Å². The number of non-ortho nitro benzene ring substituents is 1. The van der Waals surface area contributed by atoms with E-state index in [1.807, 2.05) is 0 Å². The lowest BCUT2D eigenvalue weighted by molar-refractivity contribution is -0.383. The van der Waals surface area contributed by atoms with Gasteiger partial charge in [-0.2, -0.15) is 0 Å². The number of aromatic nitrogens is 3.